The first kappa shape index (κ1) is 6.99. The highest BCUT2D eigenvalue weighted by atomic mass is 32.2. The van der Waals surface area contributed by atoms with E-state index in [-0.39, 0.29) is 0 Å². The summed E-state index contributed by atoms with van der Waals surface area (Å²) in [6, 6.07) is 0. The van der Waals surface area contributed by atoms with E-state index in [1.807, 2.05) is 0 Å². The summed E-state index contributed by atoms with van der Waals surface area (Å²) in [5, 5.41) is 4.49. The van der Waals surface area contributed by atoms with Crippen LogP contribution in [0.4, 0.5) is 0 Å². The Bertz CT molecular complexity index is 102. The van der Waals surface area contributed by atoms with Crippen molar-refractivity contribution in [3.8, 4) is 0 Å². The summed E-state index contributed by atoms with van der Waals surface area (Å²) in [4.78, 5) is 0. The lowest BCUT2D eigenvalue weighted by Crippen LogP contribution is -2.35. The molecule has 1 nitrogen and oxygen atoms in total. The third kappa shape index (κ3) is 1.32. The summed E-state index contributed by atoms with van der Waals surface area (Å²) >= 11 is 2.18. The highest BCUT2D eigenvalue weighted by molar-refractivity contribution is 8.00. The highest BCUT2D eigenvalue weighted by Crippen LogP contribution is 2.39. The zero-order valence-electron chi connectivity index (χ0n) is 6.31. The normalized spacial score (nSPS) is 40.8. The van der Waals surface area contributed by atoms with Crippen LogP contribution < -0.4 is 5.32 Å². The summed E-state index contributed by atoms with van der Waals surface area (Å²) in [7, 11) is 0. The number of fused-ring (bicyclic) bond motifs is 1. The quantitative estimate of drug-likeness (QED) is 0.572. The molecule has 0 aromatic rings. The molecule has 2 heteroatoms. The lowest BCUT2D eigenvalue weighted by atomic mass is 9.82. The predicted octanol–water partition coefficient (Wildman–Crippen LogP) is 1.49. The van der Waals surface area contributed by atoms with Crippen molar-refractivity contribution in [3.63, 3.8) is 0 Å². The number of rotatable bonds is 0. The zero-order valence-corrected chi connectivity index (χ0v) is 7.12. The van der Waals surface area contributed by atoms with Crippen molar-refractivity contribution in [1.29, 1.82) is 0 Å². The first-order valence-corrected chi connectivity index (χ1v) is 5.34. The van der Waals surface area contributed by atoms with Gasteiger partial charge in [0, 0.05) is 17.5 Å². The molecule has 10 heavy (non-hydrogen) atoms. The van der Waals surface area contributed by atoms with Gasteiger partial charge >= 0.3 is 0 Å². The Morgan fingerprint density at radius 3 is 2.90 bits per heavy atom. The van der Waals surface area contributed by atoms with E-state index in [4.69, 9.17) is 0 Å². The average Bonchev–Trinajstić information content (AvgIpc) is 1.89. The van der Waals surface area contributed by atoms with Gasteiger partial charge in [-0.15, -0.1) is 0 Å². The SMILES string of the molecule is C1CSC2CCC2CCN1. The van der Waals surface area contributed by atoms with Gasteiger partial charge < -0.3 is 5.32 Å². The van der Waals surface area contributed by atoms with E-state index in [2.05, 4.69) is 17.1 Å². The van der Waals surface area contributed by atoms with E-state index in [1.165, 1.54) is 38.1 Å². The van der Waals surface area contributed by atoms with Crippen LogP contribution in [-0.4, -0.2) is 24.1 Å². The monoisotopic (exact) mass is 157 g/mol. The van der Waals surface area contributed by atoms with Gasteiger partial charge in [-0.05, 0) is 31.7 Å². The van der Waals surface area contributed by atoms with Gasteiger partial charge in [0.15, 0.2) is 0 Å². The Kier molecular flexibility index (Phi) is 2.19. The number of hydrogen-bond acceptors (Lipinski definition) is 2. The van der Waals surface area contributed by atoms with Crippen molar-refractivity contribution >= 4 is 11.8 Å². The van der Waals surface area contributed by atoms with Crippen LogP contribution in [0.2, 0.25) is 0 Å². The Hall–Kier alpha value is 0.310. The molecule has 0 radical (unpaired) electrons. The van der Waals surface area contributed by atoms with Gasteiger partial charge in [-0.3, -0.25) is 0 Å². The van der Waals surface area contributed by atoms with E-state index in [0.29, 0.717) is 0 Å². The van der Waals surface area contributed by atoms with Gasteiger partial charge in [0.1, 0.15) is 0 Å². The molecule has 0 amide bonds. The van der Waals surface area contributed by atoms with Crippen LogP contribution in [0, 0.1) is 5.92 Å². The van der Waals surface area contributed by atoms with Gasteiger partial charge in [-0.25, -0.2) is 0 Å². The summed E-state index contributed by atoms with van der Waals surface area (Å²) in [5.41, 5.74) is 0. The summed E-state index contributed by atoms with van der Waals surface area (Å²) < 4.78 is 0. The minimum atomic E-state index is 1.04. The van der Waals surface area contributed by atoms with Crippen molar-refractivity contribution in [3.05, 3.63) is 0 Å². The maximum absolute atomic E-state index is 3.45. The standard InChI is InChI=1S/C8H15NS/c1-2-8-7(1)3-4-9-5-6-10-8/h7-9H,1-6H2. The van der Waals surface area contributed by atoms with Crippen molar-refractivity contribution in [2.24, 2.45) is 5.92 Å². The molecule has 1 saturated carbocycles. The predicted molar refractivity (Wildman–Crippen MR) is 46.5 cm³/mol. The van der Waals surface area contributed by atoms with Gasteiger partial charge in [-0.2, -0.15) is 11.8 Å². The Morgan fingerprint density at radius 2 is 2.10 bits per heavy atom. The molecule has 0 aromatic carbocycles. The molecule has 0 spiro atoms. The smallest absolute Gasteiger partial charge is 0.00763 e. The van der Waals surface area contributed by atoms with Gasteiger partial charge in [0.05, 0.1) is 0 Å². The van der Waals surface area contributed by atoms with Gasteiger partial charge in [0.25, 0.3) is 0 Å². The molecule has 1 N–H and O–H groups in total. The van der Waals surface area contributed by atoms with Crippen molar-refractivity contribution in [2.75, 3.05) is 18.8 Å². The molecule has 1 saturated heterocycles. The molecule has 2 unspecified atom stereocenters. The Morgan fingerprint density at radius 1 is 1.10 bits per heavy atom. The van der Waals surface area contributed by atoms with E-state index in [9.17, 15) is 0 Å². The second-order valence-electron chi connectivity index (χ2n) is 3.29. The van der Waals surface area contributed by atoms with Crippen LogP contribution in [0.25, 0.3) is 0 Å². The van der Waals surface area contributed by atoms with E-state index >= 15 is 0 Å². The first-order chi connectivity index (χ1) is 4.97. The molecular formula is C8H15NS. The van der Waals surface area contributed by atoms with Crippen LogP contribution in [-0.2, 0) is 0 Å². The first-order valence-electron chi connectivity index (χ1n) is 4.29. The molecule has 1 aliphatic carbocycles. The van der Waals surface area contributed by atoms with Gasteiger partial charge in [-0.1, -0.05) is 0 Å². The molecule has 58 valence electrons. The Labute approximate surface area is 67.0 Å². The molecule has 0 aromatic heterocycles. The fourth-order valence-electron chi connectivity index (χ4n) is 1.78. The molecule has 1 heterocycles. The summed E-state index contributed by atoms with van der Waals surface area (Å²) in [5.74, 6) is 2.40. The zero-order chi connectivity index (χ0) is 6.81. The lowest BCUT2D eigenvalue weighted by Gasteiger charge is -2.37. The molecule has 2 rings (SSSR count). The highest BCUT2D eigenvalue weighted by Gasteiger charge is 2.30. The third-order valence-electron chi connectivity index (χ3n) is 2.65. The molecule has 0 bridgehead atoms. The van der Waals surface area contributed by atoms with Crippen LogP contribution in [0.15, 0.2) is 0 Å². The topological polar surface area (TPSA) is 12.0 Å². The molecule has 1 aliphatic heterocycles. The molecule has 2 fully saturated rings. The second kappa shape index (κ2) is 3.14. The van der Waals surface area contributed by atoms with E-state index in [1.54, 1.807) is 0 Å². The third-order valence-corrected chi connectivity index (χ3v) is 4.14. The summed E-state index contributed by atoms with van der Waals surface area (Å²) in [6.07, 6.45) is 4.42. The van der Waals surface area contributed by atoms with Crippen molar-refractivity contribution in [2.45, 2.75) is 24.5 Å². The van der Waals surface area contributed by atoms with Crippen LogP contribution in [0.5, 0.6) is 0 Å². The van der Waals surface area contributed by atoms with E-state index < -0.39 is 0 Å². The minimum Gasteiger partial charge on any atom is -0.316 e. The maximum atomic E-state index is 3.45. The van der Waals surface area contributed by atoms with Crippen molar-refractivity contribution < 1.29 is 0 Å². The Balaban J connectivity index is 1.83. The second-order valence-corrected chi connectivity index (χ2v) is 4.63. The lowest BCUT2D eigenvalue weighted by molar-refractivity contribution is 0.304. The number of thioether (sulfide) groups is 1. The fourth-order valence-corrected chi connectivity index (χ4v) is 3.20. The molecule has 2 aliphatic rings. The maximum Gasteiger partial charge on any atom is 0.00763 e. The van der Waals surface area contributed by atoms with E-state index in [0.717, 1.165) is 11.2 Å². The molecule has 2 atom stereocenters. The number of hydrogen-bond donors (Lipinski definition) is 1. The van der Waals surface area contributed by atoms with Crippen LogP contribution in [0.3, 0.4) is 0 Å². The minimum absolute atomic E-state index is 1.04. The van der Waals surface area contributed by atoms with Gasteiger partial charge in [0.2, 0.25) is 0 Å². The average molecular weight is 157 g/mol. The summed E-state index contributed by atoms with van der Waals surface area (Å²) in [6.45, 7) is 2.50. The van der Waals surface area contributed by atoms with Crippen molar-refractivity contribution in [1.82, 2.24) is 5.32 Å². The fraction of sp³-hybridized carbons (Fsp3) is 1.00. The number of nitrogens with one attached hydrogen (secondary N) is 1. The molecular weight excluding hydrogens is 142 g/mol. The van der Waals surface area contributed by atoms with Crippen LogP contribution >= 0.6 is 11.8 Å². The largest absolute Gasteiger partial charge is 0.316 e. The van der Waals surface area contributed by atoms with Crippen LogP contribution in [0.1, 0.15) is 19.3 Å².